The van der Waals surface area contributed by atoms with Gasteiger partial charge in [-0.2, -0.15) is 0 Å². The Morgan fingerprint density at radius 2 is 2.00 bits per heavy atom. The van der Waals surface area contributed by atoms with Crippen molar-refractivity contribution in [2.45, 2.75) is 26.7 Å². The number of nitrogens with zero attached hydrogens (tertiary/aromatic N) is 3. The normalized spacial score (nSPS) is 11.0. The van der Waals surface area contributed by atoms with E-state index in [4.69, 9.17) is 4.98 Å². The van der Waals surface area contributed by atoms with Crippen molar-refractivity contribution in [2.75, 3.05) is 25.5 Å². The number of aromatic nitrogens is 2. The van der Waals surface area contributed by atoms with Crippen LogP contribution < -0.4 is 10.2 Å². The number of aryl methyl sites for hydroxylation is 1. The first-order chi connectivity index (χ1) is 12.0. The van der Waals surface area contributed by atoms with Crippen LogP contribution in [0.2, 0.25) is 0 Å². The smallest absolute Gasteiger partial charge is 0.261 e. The van der Waals surface area contributed by atoms with Crippen LogP contribution in [0.4, 0.5) is 5.95 Å². The Balaban J connectivity index is 2.02. The molecule has 5 nitrogen and oxygen atoms in total. The molecule has 0 unspecified atom stereocenters. The second-order valence-electron chi connectivity index (χ2n) is 6.39. The molecular formula is C19H24N4OS. The van der Waals surface area contributed by atoms with Gasteiger partial charge in [0.1, 0.15) is 10.3 Å². The molecule has 3 aromatic rings. The number of nitrogens with one attached hydrogen (secondary N) is 1. The van der Waals surface area contributed by atoms with Crippen LogP contribution in [0.25, 0.3) is 16.0 Å². The van der Waals surface area contributed by atoms with Crippen LogP contribution in [0, 0.1) is 6.92 Å². The minimum Gasteiger partial charge on any atom is -0.351 e. The summed E-state index contributed by atoms with van der Waals surface area (Å²) in [7, 11) is 3.96. The monoisotopic (exact) mass is 356 g/mol. The Morgan fingerprint density at radius 3 is 2.64 bits per heavy atom. The second-order valence-corrected chi connectivity index (χ2v) is 7.42. The molecule has 2 aromatic heterocycles. The predicted octanol–water partition coefficient (Wildman–Crippen LogP) is 3.99. The SMILES string of the molecule is CCCCNC(=O)c1cc2nc(N(C)C)n(-c3ccc(C)cc3)c2s1. The molecular weight excluding hydrogens is 332 g/mol. The summed E-state index contributed by atoms with van der Waals surface area (Å²) in [6, 6.07) is 10.2. The minimum atomic E-state index is -0.0155. The lowest BCUT2D eigenvalue weighted by molar-refractivity contribution is 0.0957. The van der Waals surface area contributed by atoms with Crippen molar-refractivity contribution >= 4 is 33.5 Å². The lowest BCUT2D eigenvalue weighted by Crippen LogP contribution is -2.23. The van der Waals surface area contributed by atoms with Crippen LogP contribution in [0.3, 0.4) is 0 Å². The molecule has 0 bridgehead atoms. The minimum absolute atomic E-state index is 0.0155. The van der Waals surface area contributed by atoms with Gasteiger partial charge in [-0.3, -0.25) is 9.36 Å². The summed E-state index contributed by atoms with van der Waals surface area (Å²) in [6.45, 7) is 4.90. The van der Waals surface area contributed by atoms with Crippen molar-refractivity contribution in [3.63, 3.8) is 0 Å². The average Bonchev–Trinajstić information content (AvgIpc) is 3.14. The molecule has 0 atom stereocenters. The van der Waals surface area contributed by atoms with Crippen molar-refractivity contribution < 1.29 is 4.79 Å². The Kier molecular flexibility index (Phi) is 5.08. The van der Waals surface area contributed by atoms with E-state index in [0.717, 1.165) is 34.8 Å². The van der Waals surface area contributed by atoms with Crippen LogP contribution in [0.15, 0.2) is 30.3 Å². The molecule has 3 rings (SSSR count). The van der Waals surface area contributed by atoms with Crippen LogP contribution in [0.5, 0.6) is 0 Å². The third kappa shape index (κ3) is 3.54. The van der Waals surface area contributed by atoms with Gasteiger partial charge in [-0.15, -0.1) is 11.3 Å². The molecule has 0 aliphatic carbocycles. The molecule has 1 amide bonds. The molecule has 0 fully saturated rings. The number of carbonyl (C=O) groups is 1. The van der Waals surface area contributed by atoms with Gasteiger partial charge in [0.05, 0.1) is 4.88 Å². The number of imidazole rings is 1. The fourth-order valence-electron chi connectivity index (χ4n) is 2.66. The van der Waals surface area contributed by atoms with Gasteiger partial charge in [-0.05, 0) is 31.5 Å². The maximum absolute atomic E-state index is 12.4. The zero-order valence-corrected chi connectivity index (χ0v) is 16.0. The maximum Gasteiger partial charge on any atom is 0.261 e. The van der Waals surface area contributed by atoms with E-state index in [1.807, 2.05) is 25.1 Å². The number of hydrogen-bond donors (Lipinski definition) is 1. The number of anilines is 1. The lowest BCUT2D eigenvalue weighted by atomic mass is 10.2. The second kappa shape index (κ2) is 7.27. The number of amides is 1. The predicted molar refractivity (Wildman–Crippen MR) is 105 cm³/mol. The summed E-state index contributed by atoms with van der Waals surface area (Å²) < 4.78 is 2.11. The van der Waals surface area contributed by atoms with Gasteiger partial charge in [0, 0.05) is 26.3 Å². The third-order valence-corrected chi connectivity index (χ3v) is 5.16. The van der Waals surface area contributed by atoms with Gasteiger partial charge in [0.15, 0.2) is 0 Å². The zero-order valence-electron chi connectivity index (χ0n) is 15.2. The molecule has 1 N–H and O–H groups in total. The van der Waals surface area contributed by atoms with Gasteiger partial charge >= 0.3 is 0 Å². The molecule has 2 heterocycles. The van der Waals surface area contributed by atoms with Gasteiger partial charge in [-0.25, -0.2) is 4.98 Å². The summed E-state index contributed by atoms with van der Waals surface area (Å²) in [5, 5.41) is 2.98. The van der Waals surface area contributed by atoms with Crippen molar-refractivity contribution in [1.82, 2.24) is 14.9 Å². The van der Waals surface area contributed by atoms with Gasteiger partial charge in [0.25, 0.3) is 5.91 Å². The summed E-state index contributed by atoms with van der Waals surface area (Å²) in [4.78, 5) is 20.8. The first-order valence-corrected chi connectivity index (χ1v) is 9.37. The number of benzene rings is 1. The first kappa shape index (κ1) is 17.5. The van der Waals surface area contributed by atoms with E-state index in [1.165, 1.54) is 16.9 Å². The van der Waals surface area contributed by atoms with Gasteiger partial charge < -0.3 is 10.2 Å². The van der Waals surface area contributed by atoms with E-state index in [0.29, 0.717) is 11.4 Å². The Hall–Kier alpha value is -2.34. The van der Waals surface area contributed by atoms with Gasteiger partial charge in [0.2, 0.25) is 5.95 Å². The fourth-order valence-corrected chi connectivity index (χ4v) is 3.70. The van der Waals surface area contributed by atoms with Crippen LogP contribution in [-0.2, 0) is 0 Å². The van der Waals surface area contributed by atoms with Crippen LogP contribution in [-0.4, -0.2) is 36.1 Å². The fraction of sp³-hybridized carbons (Fsp3) is 0.368. The number of rotatable bonds is 6. The summed E-state index contributed by atoms with van der Waals surface area (Å²) in [5.74, 6) is 0.848. The van der Waals surface area contributed by atoms with E-state index < -0.39 is 0 Å². The topological polar surface area (TPSA) is 50.2 Å². The van der Waals surface area contributed by atoms with Crippen LogP contribution >= 0.6 is 11.3 Å². The average molecular weight is 356 g/mol. The molecule has 0 radical (unpaired) electrons. The van der Waals surface area contributed by atoms with E-state index in [9.17, 15) is 4.79 Å². The highest BCUT2D eigenvalue weighted by Crippen LogP contribution is 2.32. The number of fused-ring (bicyclic) bond motifs is 1. The standard InChI is InChI=1S/C19H24N4OS/c1-5-6-11-20-17(24)16-12-15-18(25-16)23(19(21-15)22(3)4)14-9-7-13(2)8-10-14/h7-10,12H,5-6,11H2,1-4H3,(H,20,24). The maximum atomic E-state index is 12.4. The molecule has 0 saturated carbocycles. The Bertz CT molecular complexity index is 877. The molecule has 0 saturated heterocycles. The highest BCUT2D eigenvalue weighted by atomic mass is 32.1. The molecule has 0 aliphatic rings. The van der Waals surface area contributed by atoms with Gasteiger partial charge in [-0.1, -0.05) is 31.0 Å². The van der Waals surface area contributed by atoms with Crippen molar-refractivity contribution in [1.29, 1.82) is 0 Å². The van der Waals surface area contributed by atoms with E-state index in [1.54, 1.807) is 0 Å². The van der Waals surface area contributed by atoms with Crippen molar-refractivity contribution in [3.05, 3.63) is 40.8 Å². The highest BCUT2D eigenvalue weighted by molar-refractivity contribution is 7.20. The highest BCUT2D eigenvalue weighted by Gasteiger charge is 2.19. The number of thiophene rings is 1. The Morgan fingerprint density at radius 1 is 1.28 bits per heavy atom. The quantitative estimate of drug-likeness (QED) is 0.680. The van der Waals surface area contributed by atoms with E-state index >= 15 is 0 Å². The number of carbonyl (C=O) groups excluding carboxylic acids is 1. The van der Waals surface area contributed by atoms with E-state index in [2.05, 4.69) is 48.0 Å². The van der Waals surface area contributed by atoms with E-state index in [-0.39, 0.29) is 5.91 Å². The summed E-state index contributed by atoms with van der Waals surface area (Å²) in [6.07, 6.45) is 2.06. The Labute approximate surface area is 152 Å². The molecule has 6 heteroatoms. The number of unbranched alkanes of at least 4 members (excludes halogenated alkanes) is 1. The lowest BCUT2D eigenvalue weighted by Gasteiger charge is -2.15. The van der Waals surface area contributed by atoms with Crippen LogP contribution in [0.1, 0.15) is 35.0 Å². The molecule has 0 spiro atoms. The molecule has 132 valence electrons. The third-order valence-electron chi connectivity index (χ3n) is 4.05. The first-order valence-electron chi connectivity index (χ1n) is 8.56. The molecule has 0 aliphatic heterocycles. The summed E-state index contributed by atoms with van der Waals surface area (Å²) >= 11 is 1.49. The van der Waals surface area contributed by atoms with Crippen molar-refractivity contribution in [3.8, 4) is 5.69 Å². The summed E-state index contributed by atoms with van der Waals surface area (Å²) in [5.41, 5.74) is 3.13. The molecule has 25 heavy (non-hydrogen) atoms. The largest absolute Gasteiger partial charge is 0.351 e. The molecule has 1 aromatic carbocycles. The zero-order chi connectivity index (χ0) is 18.0. The number of hydrogen-bond acceptors (Lipinski definition) is 4. The van der Waals surface area contributed by atoms with Crippen molar-refractivity contribution in [2.24, 2.45) is 0 Å².